The van der Waals surface area contributed by atoms with Crippen molar-refractivity contribution in [1.82, 2.24) is 0 Å². The van der Waals surface area contributed by atoms with E-state index in [-0.39, 0.29) is 0 Å². The molecule has 0 atom stereocenters. The molecule has 0 fully saturated rings. The second-order valence-corrected chi connectivity index (χ2v) is 5.88. The van der Waals surface area contributed by atoms with Crippen molar-refractivity contribution in [2.45, 2.75) is 19.4 Å². The summed E-state index contributed by atoms with van der Waals surface area (Å²) in [5.74, 6) is 0.796. The Morgan fingerprint density at radius 3 is 2.38 bits per heavy atom. The zero-order valence-electron chi connectivity index (χ0n) is 14.2. The van der Waals surface area contributed by atoms with E-state index in [0.29, 0.717) is 13.2 Å². The summed E-state index contributed by atoms with van der Waals surface area (Å²) < 4.78 is 15.7. The van der Waals surface area contributed by atoms with Crippen molar-refractivity contribution in [3.05, 3.63) is 54.1 Å². The number of amides is 1. The molecule has 0 bridgehead atoms. The third kappa shape index (κ3) is 4.73. The lowest BCUT2D eigenvalue weighted by Gasteiger charge is -2.25. The van der Waals surface area contributed by atoms with Crippen LogP contribution in [0.1, 0.15) is 19.4 Å². The lowest BCUT2D eigenvalue weighted by atomic mass is 9.94. The Morgan fingerprint density at radius 1 is 1.04 bits per heavy atom. The topological polar surface area (TPSA) is 70.8 Å². The molecule has 5 nitrogen and oxygen atoms in total. The van der Waals surface area contributed by atoms with Gasteiger partial charge in [-0.15, -0.1) is 0 Å². The van der Waals surface area contributed by atoms with Gasteiger partial charge in [0.15, 0.2) is 0 Å². The fraction of sp³-hybridized carbons (Fsp3) is 0.316. The highest BCUT2D eigenvalue weighted by Crippen LogP contribution is 2.29. The van der Waals surface area contributed by atoms with Crippen molar-refractivity contribution >= 4 is 6.09 Å². The Morgan fingerprint density at radius 2 is 1.75 bits per heavy atom. The third-order valence-corrected chi connectivity index (χ3v) is 3.66. The smallest absolute Gasteiger partial charge is 0.405 e. The van der Waals surface area contributed by atoms with Crippen molar-refractivity contribution in [2.75, 3.05) is 20.3 Å². The second-order valence-electron chi connectivity index (χ2n) is 5.88. The van der Waals surface area contributed by atoms with Crippen molar-refractivity contribution in [2.24, 2.45) is 5.73 Å². The van der Waals surface area contributed by atoms with Gasteiger partial charge >= 0.3 is 6.09 Å². The van der Waals surface area contributed by atoms with Crippen molar-refractivity contribution in [3.8, 4) is 16.9 Å². The van der Waals surface area contributed by atoms with E-state index in [1.165, 1.54) is 0 Å². The summed E-state index contributed by atoms with van der Waals surface area (Å²) in [4.78, 5) is 11.1. The largest absolute Gasteiger partial charge is 0.491 e. The average molecular weight is 329 g/mol. The first-order valence-electron chi connectivity index (χ1n) is 7.73. The molecular weight excluding hydrogens is 306 g/mol. The minimum atomic E-state index is -0.789. The molecule has 0 saturated carbocycles. The Bertz CT molecular complexity index is 680. The summed E-state index contributed by atoms with van der Waals surface area (Å²) in [6, 6.07) is 15.7. The fourth-order valence-corrected chi connectivity index (χ4v) is 2.37. The standard InChI is InChI=1S/C19H23NO4/c1-19(2,24-18(20)21)16-6-4-5-15(13-16)14-7-9-17(10-8-14)23-12-11-22-3/h4-10,13H,11-12H2,1-3H3,(H2,20,21). The van der Waals surface area contributed by atoms with Crippen LogP contribution in [-0.2, 0) is 15.1 Å². The van der Waals surface area contributed by atoms with Crippen LogP contribution in [0.2, 0.25) is 0 Å². The molecule has 0 radical (unpaired) electrons. The minimum absolute atomic E-state index is 0.518. The van der Waals surface area contributed by atoms with E-state index in [4.69, 9.17) is 19.9 Å². The Kier molecular flexibility index (Phi) is 5.82. The summed E-state index contributed by atoms with van der Waals surface area (Å²) >= 11 is 0. The zero-order valence-corrected chi connectivity index (χ0v) is 14.2. The first-order valence-corrected chi connectivity index (χ1v) is 7.73. The maximum Gasteiger partial charge on any atom is 0.405 e. The van der Waals surface area contributed by atoms with E-state index in [9.17, 15) is 4.79 Å². The molecule has 128 valence electrons. The highest BCUT2D eigenvalue weighted by molar-refractivity contribution is 5.67. The van der Waals surface area contributed by atoms with Gasteiger partial charge in [-0.3, -0.25) is 0 Å². The molecule has 1 amide bonds. The number of rotatable bonds is 7. The molecule has 0 aliphatic rings. The molecule has 5 heteroatoms. The summed E-state index contributed by atoms with van der Waals surface area (Å²) in [6.07, 6.45) is -0.789. The van der Waals surface area contributed by atoms with E-state index < -0.39 is 11.7 Å². The van der Waals surface area contributed by atoms with Crippen molar-refractivity contribution in [1.29, 1.82) is 0 Å². The highest BCUT2D eigenvalue weighted by Gasteiger charge is 2.24. The minimum Gasteiger partial charge on any atom is -0.491 e. The molecule has 0 spiro atoms. The van der Waals surface area contributed by atoms with Gasteiger partial charge < -0.3 is 19.9 Å². The number of primary amides is 1. The van der Waals surface area contributed by atoms with Gasteiger partial charge in [0, 0.05) is 7.11 Å². The lowest BCUT2D eigenvalue weighted by Crippen LogP contribution is -2.28. The van der Waals surface area contributed by atoms with Crippen LogP contribution >= 0.6 is 0 Å². The van der Waals surface area contributed by atoms with Gasteiger partial charge in [0.1, 0.15) is 18.0 Å². The Balaban J connectivity index is 2.17. The van der Waals surface area contributed by atoms with Crippen LogP contribution in [-0.4, -0.2) is 26.4 Å². The van der Waals surface area contributed by atoms with E-state index in [1.807, 2.05) is 62.4 Å². The van der Waals surface area contributed by atoms with Crippen molar-refractivity contribution in [3.63, 3.8) is 0 Å². The summed E-state index contributed by atoms with van der Waals surface area (Å²) in [7, 11) is 1.64. The van der Waals surface area contributed by atoms with E-state index in [0.717, 1.165) is 22.4 Å². The molecule has 2 rings (SSSR count). The lowest BCUT2D eigenvalue weighted by molar-refractivity contribution is 0.0433. The number of carbonyl (C=O) groups is 1. The molecule has 0 aromatic heterocycles. The Labute approximate surface area is 142 Å². The highest BCUT2D eigenvalue weighted by atomic mass is 16.6. The van der Waals surface area contributed by atoms with Crippen LogP contribution in [0.15, 0.2) is 48.5 Å². The molecule has 0 aliphatic heterocycles. The molecule has 0 heterocycles. The molecule has 0 unspecified atom stereocenters. The van der Waals surface area contributed by atoms with E-state index >= 15 is 0 Å². The maximum absolute atomic E-state index is 11.1. The third-order valence-electron chi connectivity index (χ3n) is 3.66. The molecule has 2 aromatic rings. The van der Waals surface area contributed by atoms with Crippen LogP contribution in [0.3, 0.4) is 0 Å². The van der Waals surface area contributed by atoms with Gasteiger partial charge in [0.2, 0.25) is 0 Å². The van der Waals surface area contributed by atoms with Crippen LogP contribution in [0.4, 0.5) is 4.79 Å². The molecule has 2 aromatic carbocycles. The Hall–Kier alpha value is -2.53. The first kappa shape index (κ1) is 17.8. The number of methoxy groups -OCH3 is 1. The van der Waals surface area contributed by atoms with Crippen molar-refractivity contribution < 1.29 is 19.0 Å². The predicted molar refractivity (Wildman–Crippen MR) is 92.9 cm³/mol. The predicted octanol–water partition coefficient (Wildman–Crippen LogP) is 3.71. The number of benzene rings is 2. The summed E-state index contributed by atoms with van der Waals surface area (Å²) in [5.41, 5.74) is 7.31. The van der Waals surface area contributed by atoms with Gasteiger partial charge in [-0.25, -0.2) is 4.79 Å². The molecule has 2 N–H and O–H groups in total. The monoisotopic (exact) mass is 329 g/mol. The summed E-state index contributed by atoms with van der Waals surface area (Å²) in [5, 5.41) is 0. The number of nitrogens with two attached hydrogens (primary N) is 1. The normalized spacial score (nSPS) is 11.1. The maximum atomic E-state index is 11.1. The number of ether oxygens (including phenoxy) is 3. The zero-order chi connectivity index (χ0) is 17.6. The average Bonchev–Trinajstić information content (AvgIpc) is 2.55. The van der Waals surface area contributed by atoms with Gasteiger partial charge in [-0.1, -0.05) is 30.3 Å². The van der Waals surface area contributed by atoms with Crippen LogP contribution < -0.4 is 10.5 Å². The van der Waals surface area contributed by atoms with Gasteiger partial charge in [-0.2, -0.15) is 0 Å². The second kappa shape index (κ2) is 7.84. The molecule has 0 saturated heterocycles. The van der Waals surface area contributed by atoms with Crippen LogP contribution in [0, 0.1) is 0 Å². The van der Waals surface area contributed by atoms with Gasteiger partial charge in [0.25, 0.3) is 0 Å². The first-order chi connectivity index (χ1) is 11.4. The van der Waals surface area contributed by atoms with E-state index in [2.05, 4.69) is 0 Å². The number of carbonyl (C=O) groups excluding carboxylic acids is 1. The molecule has 0 aliphatic carbocycles. The molecule has 24 heavy (non-hydrogen) atoms. The van der Waals surface area contributed by atoms with Gasteiger partial charge in [-0.05, 0) is 48.7 Å². The summed E-state index contributed by atoms with van der Waals surface area (Å²) in [6.45, 7) is 4.69. The van der Waals surface area contributed by atoms with Gasteiger partial charge in [0.05, 0.1) is 6.61 Å². The van der Waals surface area contributed by atoms with E-state index in [1.54, 1.807) is 7.11 Å². The number of hydrogen-bond donors (Lipinski definition) is 1. The van der Waals surface area contributed by atoms with Crippen LogP contribution in [0.25, 0.3) is 11.1 Å². The van der Waals surface area contributed by atoms with Crippen LogP contribution in [0.5, 0.6) is 5.75 Å². The fourth-order valence-electron chi connectivity index (χ4n) is 2.37. The number of hydrogen-bond acceptors (Lipinski definition) is 4. The quantitative estimate of drug-likeness (QED) is 0.786. The molecular formula is C19H23NO4. The SMILES string of the molecule is COCCOc1ccc(-c2cccc(C(C)(C)OC(N)=O)c2)cc1.